The van der Waals surface area contributed by atoms with Gasteiger partial charge in [-0.25, -0.2) is 4.98 Å². The predicted octanol–water partition coefficient (Wildman–Crippen LogP) is 6.05. The van der Waals surface area contributed by atoms with Crippen molar-refractivity contribution in [3.05, 3.63) is 88.4 Å². The predicted molar refractivity (Wildman–Crippen MR) is 123 cm³/mol. The highest BCUT2D eigenvalue weighted by atomic mass is 35.5. The second-order valence-corrected chi connectivity index (χ2v) is 8.50. The number of thioether (sulfide) groups is 1. The third kappa shape index (κ3) is 4.69. The van der Waals surface area contributed by atoms with Crippen LogP contribution in [0.2, 0.25) is 5.02 Å². The average molecular weight is 437 g/mol. The van der Waals surface area contributed by atoms with Crippen molar-refractivity contribution >= 4 is 40.4 Å². The molecule has 0 atom stereocenters. The zero-order valence-corrected chi connectivity index (χ0v) is 18.3. The number of hydrogen-bond acceptors (Lipinski definition) is 4. The van der Waals surface area contributed by atoms with Gasteiger partial charge in [-0.2, -0.15) is 0 Å². The van der Waals surface area contributed by atoms with Crippen molar-refractivity contribution < 1.29 is 9.53 Å². The van der Waals surface area contributed by atoms with E-state index in [1.807, 2.05) is 80.6 Å². The largest absolute Gasteiger partial charge is 0.426 e. The van der Waals surface area contributed by atoms with Crippen LogP contribution in [-0.4, -0.2) is 21.3 Å². The molecule has 4 aromatic rings. The highest BCUT2D eigenvalue weighted by Gasteiger charge is 2.15. The molecule has 0 amide bonds. The van der Waals surface area contributed by atoms with Gasteiger partial charge in [-0.05, 0) is 60.9 Å². The molecule has 0 aliphatic heterocycles. The van der Waals surface area contributed by atoms with E-state index in [2.05, 4.69) is 4.57 Å². The fraction of sp³-hybridized carbons (Fsp3) is 0.167. The van der Waals surface area contributed by atoms with Crippen molar-refractivity contribution in [2.24, 2.45) is 0 Å². The molecule has 0 aliphatic rings. The molecule has 0 saturated heterocycles. The molecule has 0 spiro atoms. The molecule has 152 valence electrons. The number of aromatic nitrogens is 2. The summed E-state index contributed by atoms with van der Waals surface area (Å²) in [6.07, 6.45) is 0. The van der Waals surface area contributed by atoms with E-state index in [-0.39, 0.29) is 11.7 Å². The van der Waals surface area contributed by atoms with E-state index in [0.29, 0.717) is 17.3 Å². The minimum absolute atomic E-state index is 0.166. The SMILES string of the molecule is Cc1cc(C)cc(OC(=O)CSc2nc3ccccc3n2Cc2ccccc2Cl)c1. The first-order valence-electron chi connectivity index (χ1n) is 9.60. The highest BCUT2D eigenvalue weighted by Crippen LogP contribution is 2.27. The second-order valence-electron chi connectivity index (χ2n) is 7.15. The molecule has 1 heterocycles. The average Bonchev–Trinajstić information content (AvgIpc) is 3.05. The number of carbonyl (C=O) groups is 1. The number of imidazole rings is 1. The van der Waals surface area contributed by atoms with Gasteiger partial charge in [0.15, 0.2) is 5.16 Å². The van der Waals surface area contributed by atoms with Crippen LogP contribution in [0.5, 0.6) is 5.75 Å². The van der Waals surface area contributed by atoms with Crippen LogP contribution in [0.1, 0.15) is 16.7 Å². The molecule has 0 fully saturated rings. The second kappa shape index (κ2) is 8.94. The third-order valence-corrected chi connectivity index (χ3v) is 5.97. The Bertz CT molecular complexity index is 1200. The molecule has 0 aliphatic carbocycles. The lowest BCUT2D eigenvalue weighted by atomic mass is 10.1. The molecule has 4 rings (SSSR count). The molecule has 0 unspecified atom stereocenters. The van der Waals surface area contributed by atoms with Crippen molar-refractivity contribution in [3.8, 4) is 5.75 Å². The van der Waals surface area contributed by atoms with E-state index in [1.165, 1.54) is 11.8 Å². The monoisotopic (exact) mass is 436 g/mol. The number of halogens is 1. The number of benzene rings is 3. The van der Waals surface area contributed by atoms with Crippen molar-refractivity contribution in [1.82, 2.24) is 9.55 Å². The van der Waals surface area contributed by atoms with Gasteiger partial charge in [-0.3, -0.25) is 4.79 Å². The Kier molecular flexibility index (Phi) is 6.11. The maximum Gasteiger partial charge on any atom is 0.321 e. The van der Waals surface area contributed by atoms with Crippen molar-refractivity contribution in [1.29, 1.82) is 0 Å². The zero-order valence-electron chi connectivity index (χ0n) is 16.8. The van der Waals surface area contributed by atoms with E-state index in [4.69, 9.17) is 21.3 Å². The standard InChI is InChI=1S/C24H21ClN2O2S/c1-16-11-17(2)13-19(12-16)29-23(28)15-30-24-26-21-9-5-6-10-22(21)27(24)14-18-7-3-4-8-20(18)25/h3-13H,14-15H2,1-2H3. The molecular weight excluding hydrogens is 416 g/mol. The third-order valence-electron chi connectivity index (χ3n) is 4.65. The highest BCUT2D eigenvalue weighted by molar-refractivity contribution is 7.99. The first kappa shape index (κ1) is 20.5. The summed E-state index contributed by atoms with van der Waals surface area (Å²) < 4.78 is 7.62. The Balaban J connectivity index is 1.55. The maximum atomic E-state index is 12.4. The van der Waals surface area contributed by atoms with Gasteiger partial charge in [0.2, 0.25) is 0 Å². The fourth-order valence-electron chi connectivity index (χ4n) is 3.39. The van der Waals surface area contributed by atoms with Crippen LogP contribution in [-0.2, 0) is 11.3 Å². The smallest absolute Gasteiger partial charge is 0.321 e. The van der Waals surface area contributed by atoms with E-state index in [0.717, 1.165) is 32.9 Å². The quantitative estimate of drug-likeness (QED) is 0.209. The van der Waals surface area contributed by atoms with Gasteiger partial charge in [0.25, 0.3) is 0 Å². The van der Waals surface area contributed by atoms with Gasteiger partial charge in [0.1, 0.15) is 5.75 Å². The fourth-order valence-corrected chi connectivity index (χ4v) is 4.37. The molecule has 4 nitrogen and oxygen atoms in total. The molecule has 0 N–H and O–H groups in total. The van der Waals surface area contributed by atoms with Gasteiger partial charge in [-0.15, -0.1) is 0 Å². The summed E-state index contributed by atoms with van der Waals surface area (Å²) >= 11 is 7.74. The van der Waals surface area contributed by atoms with Crippen molar-refractivity contribution in [3.63, 3.8) is 0 Å². The Labute approximate surface area is 184 Å². The summed E-state index contributed by atoms with van der Waals surface area (Å²) in [5.41, 5.74) is 5.01. The van der Waals surface area contributed by atoms with E-state index in [9.17, 15) is 4.79 Å². The topological polar surface area (TPSA) is 44.1 Å². The first-order valence-corrected chi connectivity index (χ1v) is 11.0. The van der Waals surface area contributed by atoms with Crippen LogP contribution >= 0.6 is 23.4 Å². The van der Waals surface area contributed by atoms with E-state index >= 15 is 0 Å². The molecular formula is C24H21ClN2O2S. The summed E-state index contributed by atoms with van der Waals surface area (Å²) in [5.74, 6) is 0.433. The number of hydrogen-bond donors (Lipinski definition) is 0. The van der Waals surface area contributed by atoms with E-state index in [1.54, 1.807) is 0 Å². The number of rotatable bonds is 6. The summed E-state index contributed by atoms with van der Waals surface area (Å²) in [6.45, 7) is 4.54. The lowest BCUT2D eigenvalue weighted by Crippen LogP contribution is -2.12. The minimum Gasteiger partial charge on any atom is -0.426 e. The van der Waals surface area contributed by atoms with Gasteiger partial charge < -0.3 is 9.30 Å². The summed E-state index contributed by atoms with van der Waals surface area (Å²) in [4.78, 5) is 17.2. The molecule has 0 radical (unpaired) electrons. The molecule has 3 aromatic carbocycles. The normalized spacial score (nSPS) is 11.0. The first-order chi connectivity index (χ1) is 14.5. The number of aryl methyl sites for hydroxylation is 2. The Morgan fingerprint density at radius 1 is 1.03 bits per heavy atom. The van der Waals surface area contributed by atoms with Crippen LogP contribution in [0.25, 0.3) is 11.0 Å². The summed E-state index contributed by atoms with van der Waals surface area (Å²) in [5, 5.41) is 1.47. The molecule has 0 bridgehead atoms. The van der Waals surface area contributed by atoms with Gasteiger partial charge in [0.05, 0.1) is 23.3 Å². The van der Waals surface area contributed by atoms with Gasteiger partial charge >= 0.3 is 5.97 Å². The lowest BCUT2D eigenvalue weighted by Gasteiger charge is -2.11. The number of esters is 1. The van der Waals surface area contributed by atoms with Crippen molar-refractivity contribution in [2.45, 2.75) is 25.5 Å². The van der Waals surface area contributed by atoms with Crippen LogP contribution in [0.4, 0.5) is 0 Å². The summed E-state index contributed by atoms with van der Waals surface area (Å²) in [6, 6.07) is 21.5. The number of fused-ring (bicyclic) bond motifs is 1. The zero-order chi connectivity index (χ0) is 21.1. The lowest BCUT2D eigenvalue weighted by molar-refractivity contribution is -0.131. The molecule has 6 heteroatoms. The van der Waals surface area contributed by atoms with Crippen LogP contribution < -0.4 is 4.74 Å². The van der Waals surface area contributed by atoms with Gasteiger partial charge in [0, 0.05) is 5.02 Å². The summed E-state index contributed by atoms with van der Waals surface area (Å²) in [7, 11) is 0. The maximum absolute atomic E-state index is 12.4. The number of nitrogens with zero attached hydrogens (tertiary/aromatic N) is 2. The molecule has 0 saturated carbocycles. The Morgan fingerprint density at radius 3 is 2.50 bits per heavy atom. The van der Waals surface area contributed by atoms with Gasteiger partial charge in [-0.1, -0.05) is 59.8 Å². The Hall–Kier alpha value is -2.76. The van der Waals surface area contributed by atoms with E-state index < -0.39 is 0 Å². The van der Waals surface area contributed by atoms with Crippen LogP contribution in [0, 0.1) is 13.8 Å². The van der Waals surface area contributed by atoms with Crippen LogP contribution in [0.15, 0.2) is 71.9 Å². The number of carbonyl (C=O) groups excluding carboxylic acids is 1. The number of ether oxygens (including phenoxy) is 1. The minimum atomic E-state index is -0.304. The number of para-hydroxylation sites is 2. The molecule has 30 heavy (non-hydrogen) atoms. The van der Waals surface area contributed by atoms with Crippen LogP contribution in [0.3, 0.4) is 0 Å². The Morgan fingerprint density at radius 2 is 1.73 bits per heavy atom. The molecule has 1 aromatic heterocycles. The van der Waals surface area contributed by atoms with Crippen molar-refractivity contribution in [2.75, 3.05) is 5.75 Å².